The molecule has 1 unspecified atom stereocenters. The van der Waals surface area contributed by atoms with Crippen LogP contribution in [-0.4, -0.2) is 24.9 Å². The van der Waals surface area contributed by atoms with Crippen molar-refractivity contribution in [1.29, 1.82) is 5.26 Å². The average Bonchev–Trinajstić information content (AvgIpc) is 3.48. The van der Waals surface area contributed by atoms with Crippen LogP contribution in [0.1, 0.15) is 47.1 Å². The number of carbonyl (C=O) groups is 2. The molecule has 1 fully saturated rings. The van der Waals surface area contributed by atoms with Gasteiger partial charge in [0.25, 0.3) is 0 Å². The smallest absolute Gasteiger partial charge is 0.326 e. The number of anilines is 1. The SMILES string of the molecule is N#Cc1ccc(C2NC(=O)N(c3cccc(C(F)(F)F)c3)C3=C2C(=O)CC3)c(C2CNNC2)c1. The summed E-state index contributed by atoms with van der Waals surface area (Å²) in [4.78, 5) is 27.4. The van der Waals surface area contributed by atoms with Crippen molar-refractivity contribution in [1.82, 2.24) is 16.2 Å². The Morgan fingerprint density at radius 3 is 2.47 bits per heavy atom. The topological polar surface area (TPSA) is 97.3 Å². The van der Waals surface area contributed by atoms with Gasteiger partial charge in [-0.15, -0.1) is 0 Å². The minimum atomic E-state index is -4.56. The maximum atomic E-state index is 13.3. The molecule has 2 aromatic rings. The van der Waals surface area contributed by atoms with Gasteiger partial charge in [0.15, 0.2) is 5.78 Å². The third-order valence-corrected chi connectivity index (χ3v) is 6.45. The number of halogens is 3. The number of hydrogen-bond donors (Lipinski definition) is 3. The number of ketones is 1. The van der Waals surface area contributed by atoms with E-state index < -0.39 is 23.8 Å². The van der Waals surface area contributed by atoms with Gasteiger partial charge in [0.05, 0.1) is 28.9 Å². The first-order chi connectivity index (χ1) is 16.3. The first-order valence-electron chi connectivity index (χ1n) is 10.8. The Morgan fingerprint density at radius 2 is 1.76 bits per heavy atom. The number of alkyl halides is 3. The molecule has 5 rings (SSSR count). The van der Waals surface area contributed by atoms with Crippen LogP contribution >= 0.6 is 0 Å². The van der Waals surface area contributed by atoms with Crippen molar-refractivity contribution >= 4 is 17.5 Å². The molecule has 0 saturated carbocycles. The molecule has 2 aliphatic heterocycles. The lowest BCUT2D eigenvalue weighted by atomic mass is 9.85. The zero-order chi connectivity index (χ0) is 24.0. The summed E-state index contributed by atoms with van der Waals surface area (Å²) in [5.41, 5.74) is 8.07. The molecule has 2 amide bonds. The van der Waals surface area contributed by atoms with Gasteiger partial charge in [0.1, 0.15) is 0 Å². The van der Waals surface area contributed by atoms with Gasteiger partial charge in [0, 0.05) is 36.7 Å². The number of urea groups is 1. The Bertz CT molecular complexity index is 1260. The Balaban J connectivity index is 1.62. The molecule has 34 heavy (non-hydrogen) atoms. The molecule has 0 bridgehead atoms. The minimum absolute atomic E-state index is 0.0160. The summed E-state index contributed by atoms with van der Waals surface area (Å²) >= 11 is 0. The molecule has 174 valence electrons. The number of hydrazine groups is 1. The number of nitrogens with zero attached hydrogens (tertiary/aromatic N) is 2. The Kier molecular flexibility index (Phi) is 5.38. The summed E-state index contributed by atoms with van der Waals surface area (Å²) in [6.07, 6.45) is -4.13. The van der Waals surface area contributed by atoms with Crippen LogP contribution < -0.4 is 21.1 Å². The number of benzene rings is 2. The second-order valence-corrected chi connectivity index (χ2v) is 8.46. The van der Waals surface area contributed by atoms with Gasteiger partial charge in [-0.25, -0.2) is 4.79 Å². The van der Waals surface area contributed by atoms with Gasteiger partial charge in [-0.3, -0.25) is 20.5 Å². The van der Waals surface area contributed by atoms with Crippen LogP contribution in [0.15, 0.2) is 53.7 Å². The first-order valence-corrected chi connectivity index (χ1v) is 10.8. The molecule has 7 nitrogen and oxygen atoms in total. The fraction of sp³-hybridized carbons (Fsp3) is 0.292. The zero-order valence-corrected chi connectivity index (χ0v) is 17.9. The second kappa shape index (κ2) is 8.27. The van der Waals surface area contributed by atoms with E-state index in [2.05, 4.69) is 22.2 Å². The van der Waals surface area contributed by atoms with Crippen LogP contribution in [0.3, 0.4) is 0 Å². The van der Waals surface area contributed by atoms with Gasteiger partial charge >= 0.3 is 12.2 Å². The third kappa shape index (κ3) is 3.73. The van der Waals surface area contributed by atoms with Crippen molar-refractivity contribution in [3.05, 3.63) is 76.0 Å². The van der Waals surface area contributed by atoms with E-state index in [1.807, 2.05) is 0 Å². The number of hydrogen-bond acceptors (Lipinski definition) is 5. The predicted octanol–water partition coefficient (Wildman–Crippen LogP) is 3.66. The number of Topliss-reactive ketones (excluding diaryl/α,β-unsaturated/α-hetero) is 1. The lowest BCUT2D eigenvalue weighted by molar-refractivity contribution is -0.137. The standard InChI is InChI=1S/C24H20F3N5O2/c25-24(26,27)15-2-1-3-16(9-15)32-19-6-7-20(33)21(19)22(31-23(32)34)17-5-4-13(10-28)8-18(17)14-11-29-30-12-14/h1-5,8-9,14,22,29-30H,6-7,11-12H2,(H,31,34). The van der Waals surface area contributed by atoms with Gasteiger partial charge in [-0.05, 0) is 47.9 Å². The van der Waals surface area contributed by atoms with E-state index in [-0.39, 0.29) is 30.2 Å². The van der Waals surface area contributed by atoms with Crippen LogP contribution in [0.25, 0.3) is 0 Å². The summed E-state index contributed by atoms with van der Waals surface area (Å²) in [5.74, 6) is -0.141. The molecule has 0 radical (unpaired) electrons. The van der Waals surface area contributed by atoms with E-state index in [4.69, 9.17) is 0 Å². The fourth-order valence-electron chi connectivity index (χ4n) is 4.88. The highest BCUT2D eigenvalue weighted by Gasteiger charge is 2.43. The van der Waals surface area contributed by atoms with Gasteiger partial charge < -0.3 is 5.32 Å². The molecule has 2 aromatic carbocycles. The van der Waals surface area contributed by atoms with Crippen LogP contribution in [-0.2, 0) is 11.0 Å². The molecule has 3 aliphatic rings. The van der Waals surface area contributed by atoms with E-state index in [0.717, 1.165) is 17.7 Å². The van der Waals surface area contributed by atoms with Crippen molar-refractivity contribution in [2.24, 2.45) is 0 Å². The molecule has 1 saturated heterocycles. The molecule has 1 atom stereocenters. The number of rotatable bonds is 3. The number of nitrogens with one attached hydrogen (secondary N) is 3. The zero-order valence-electron chi connectivity index (χ0n) is 17.9. The molecule has 3 N–H and O–H groups in total. The van der Waals surface area contributed by atoms with E-state index >= 15 is 0 Å². The number of nitriles is 1. The number of amides is 2. The highest BCUT2D eigenvalue weighted by atomic mass is 19.4. The van der Waals surface area contributed by atoms with Crippen molar-refractivity contribution in [3.63, 3.8) is 0 Å². The fourth-order valence-corrected chi connectivity index (χ4v) is 4.88. The Morgan fingerprint density at radius 1 is 1.00 bits per heavy atom. The highest BCUT2D eigenvalue weighted by molar-refractivity contribution is 6.08. The molecular weight excluding hydrogens is 447 g/mol. The van der Waals surface area contributed by atoms with Crippen molar-refractivity contribution in [2.75, 3.05) is 18.0 Å². The lowest BCUT2D eigenvalue weighted by Crippen LogP contribution is -2.47. The molecule has 1 aliphatic carbocycles. The predicted molar refractivity (Wildman–Crippen MR) is 116 cm³/mol. The average molecular weight is 467 g/mol. The molecular formula is C24H20F3N5O2. The van der Waals surface area contributed by atoms with Crippen molar-refractivity contribution in [2.45, 2.75) is 31.0 Å². The maximum Gasteiger partial charge on any atom is 0.416 e. The van der Waals surface area contributed by atoms with Gasteiger partial charge in [-0.2, -0.15) is 18.4 Å². The monoisotopic (exact) mass is 467 g/mol. The van der Waals surface area contributed by atoms with Crippen LogP contribution in [0, 0.1) is 11.3 Å². The van der Waals surface area contributed by atoms with Crippen LogP contribution in [0.4, 0.5) is 23.7 Å². The quantitative estimate of drug-likeness (QED) is 0.640. The number of allylic oxidation sites excluding steroid dienone is 1. The molecule has 0 spiro atoms. The summed E-state index contributed by atoms with van der Waals surface area (Å²) in [6, 6.07) is 10.4. The van der Waals surface area contributed by atoms with E-state index in [1.54, 1.807) is 18.2 Å². The summed E-state index contributed by atoms with van der Waals surface area (Å²) in [5, 5.41) is 12.2. The molecule has 2 heterocycles. The summed E-state index contributed by atoms with van der Waals surface area (Å²) < 4.78 is 39.8. The Hall–Kier alpha value is -3.68. The molecule has 0 aromatic heterocycles. The summed E-state index contributed by atoms with van der Waals surface area (Å²) in [7, 11) is 0. The normalized spacial score (nSPS) is 21.0. The van der Waals surface area contributed by atoms with Crippen LogP contribution in [0.2, 0.25) is 0 Å². The highest BCUT2D eigenvalue weighted by Crippen LogP contribution is 2.43. The summed E-state index contributed by atoms with van der Waals surface area (Å²) in [6.45, 7) is 1.22. The Labute approximate surface area is 193 Å². The second-order valence-electron chi connectivity index (χ2n) is 8.46. The molecule has 10 heteroatoms. The minimum Gasteiger partial charge on any atom is -0.326 e. The van der Waals surface area contributed by atoms with Crippen molar-refractivity contribution < 1.29 is 22.8 Å². The van der Waals surface area contributed by atoms with E-state index in [9.17, 15) is 28.0 Å². The van der Waals surface area contributed by atoms with Gasteiger partial charge in [-0.1, -0.05) is 12.1 Å². The van der Waals surface area contributed by atoms with Crippen LogP contribution in [0.5, 0.6) is 0 Å². The van der Waals surface area contributed by atoms with Crippen molar-refractivity contribution in [3.8, 4) is 6.07 Å². The van der Waals surface area contributed by atoms with E-state index in [1.165, 1.54) is 17.0 Å². The number of carbonyl (C=O) groups excluding carboxylic acids is 2. The maximum absolute atomic E-state index is 13.3. The lowest BCUT2D eigenvalue weighted by Gasteiger charge is -2.35. The van der Waals surface area contributed by atoms with E-state index in [0.29, 0.717) is 35.5 Å². The first kappa shape index (κ1) is 22.1. The largest absolute Gasteiger partial charge is 0.416 e. The third-order valence-electron chi connectivity index (χ3n) is 6.45. The van der Waals surface area contributed by atoms with Gasteiger partial charge in [0.2, 0.25) is 0 Å².